The molecule has 0 bridgehead atoms. The molecule has 1 fully saturated rings. The molecule has 21 heavy (non-hydrogen) atoms. The van der Waals surface area contributed by atoms with Gasteiger partial charge in [0.25, 0.3) is 0 Å². The summed E-state index contributed by atoms with van der Waals surface area (Å²) in [5.74, 6) is 0.311. The first-order valence-electron chi connectivity index (χ1n) is 7.13. The number of hydrogen-bond donors (Lipinski definition) is 1. The second kappa shape index (κ2) is 5.89. The molecule has 2 rings (SSSR count). The summed E-state index contributed by atoms with van der Waals surface area (Å²) in [6.45, 7) is 6.31. The summed E-state index contributed by atoms with van der Waals surface area (Å²) in [6, 6.07) is 5.56. The van der Waals surface area contributed by atoms with Crippen LogP contribution in [0.3, 0.4) is 0 Å². The predicted octanol–water partition coefficient (Wildman–Crippen LogP) is 2.43. The number of nitrogens with zero attached hydrogens (tertiary/aromatic N) is 2. The normalized spacial score (nSPS) is 21.1. The van der Waals surface area contributed by atoms with E-state index >= 15 is 0 Å². The minimum atomic E-state index is -0.417. The minimum absolute atomic E-state index is 0.00520. The first-order chi connectivity index (χ1) is 9.89. The Kier molecular flexibility index (Phi) is 4.37. The Labute approximate surface area is 125 Å². The van der Waals surface area contributed by atoms with E-state index in [9.17, 15) is 10.1 Å². The van der Waals surface area contributed by atoms with Crippen LogP contribution >= 0.6 is 0 Å². The van der Waals surface area contributed by atoms with Crippen LogP contribution in [-0.4, -0.2) is 38.2 Å². The van der Waals surface area contributed by atoms with E-state index in [0.29, 0.717) is 11.8 Å². The van der Waals surface area contributed by atoms with E-state index in [2.05, 4.69) is 24.1 Å². The van der Waals surface area contributed by atoms with E-state index in [-0.39, 0.29) is 11.1 Å². The van der Waals surface area contributed by atoms with Gasteiger partial charge in [-0.1, -0.05) is 13.8 Å². The van der Waals surface area contributed by atoms with Gasteiger partial charge in [-0.2, -0.15) is 0 Å². The molecule has 1 unspecified atom stereocenters. The molecule has 0 radical (unpaired) electrons. The van der Waals surface area contributed by atoms with Crippen molar-refractivity contribution in [3.05, 3.63) is 28.3 Å². The van der Waals surface area contributed by atoms with E-state index in [0.717, 1.165) is 25.2 Å². The largest absolute Gasteiger partial charge is 0.490 e. The van der Waals surface area contributed by atoms with Crippen LogP contribution in [0.15, 0.2) is 18.2 Å². The van der Waals surface area contributed by atoms with Gasteiger partial charge in [0.2, 0.25) is 0 Å². The molecule has 1 N–H and O–H groups in total. The van der Waals surface area contributed by atoms with Gasteiger partial charge < -0.3 is 15.0 Å². The monoisotopic (exact) mass is 293 g/mol. The molecular weight excluding hydrogens is 270 g/mol. The van der Waals surface area contributed by atoms with Gasteiger partial charge >= 0.3 is 5.69 Å². The standard InChI is InChI=1S/C15H23N3O3/c1-15(2)10-17(8-7-14(15)16-3)11-5-6-12(18(19)20)13(9-11)21-4/h5-6,9,14,16H,7-8,10H2,1-4H3. The van der Waals surface area contributed by atoms with E-state index in [1.807, 2.05) is 7.05 Å². The van der Waals surface area contributed by atoms with Gasteiger partial charge in [0.15, 0.2) is 5.75 Å². The average Bonchev–Trinajstić information content (AvgIpc) is 2.45. The van der Waals surface area contributed by atoms with Gasteiger partial charge in [-0.15, -0.1) is 0 Å². The lowest BCUT2D eigenvalue weighted by molar-refractivity contribution is -0.385. The topological polar surface area (TPSA) is 67.6 Å². The first-order valence-corrected chi connectivity index (χ1v) is 7.13. The second-order valence-corrected chi connectivity index (χ2v) is 6.15. The number of rotatable bonds is 4. The number of piperidine rings is 1. The molecule has 116 valence electrons. The van der Waals surface area contributed by atoms with Crippen LogP contribution in [-0.2, 0) is 0 Å². The Bertz CT molecular complexity index is 531. The number of methoxy groups -OCH3 is 1. The predicted molar refractivity (Wildman–Crippen MR) is 83.1 cm³/mol. The summed E-state index contributed by atoms with van der Waals surface area (Å²) in [5, 5.41) is 14.3. The summed E-state index contributed by atoms with van der Waals surface area (Å²) in [7, 11) is 3.46. The third-order valence-corrected chi connectivity index (χ3v) is 4.30. The number of ether oxygens (including phenoxy) is 1. The Hall–Kier alpha value is -1.82. The van der Waals surface area contributed by atoms with E-state index in [1.54, 1.807) is 12.1 Å². The number of nitro benzene ring substituents is 1. The molecule has 1 atom stereocenters. The maximum absolute atomic E-state index is 11.0. The van der Waals surface area contributed by atoms with Crippen molar-refractivity contribution in [2.75, 3.05) is 32.1 Å². The van der Waals surface area contributed by atoms with Gasteiger partial charge in [0, 0.05) is 37.0 Å². The number of anilines is 1. The summed E-state index contributed by atoms with van der Waals surface area (Å²) >= 11 is 0. The molecule has 1 aliphatic heterocycles. The van der Waals surface area contributed by atoms with Crippen molar-refractivity contribution in [1.82, 2.24) is 5.32 Å². The maximum atomic E-state index is 11.0. The van der Waals surface area contributed by atoms with Crippen LogP contribution in [0.4, 0.5) is 11.4 Å². The number of nitrogens with one attached hydrogen (secondary N) is 1. The molecular formula is C15H23N3O3. The highest BCUT2D eigenvalue weighted by Crippen LogP contribution is 2.36. The van der Waals surface area contributed by atoms with Gasteiger partial charge in [-0.25, -0.2) is 0 Å². The molecule has 1 aromatic rings. The molecule has 0 amide bonds. The highest BCUT2D eigenvalue weighted by molar-refractivity contribution is 5.59. The van der Waals surface area contributed by atoms with E-state index in [1.165, 1.54) is 13.2 Å². The Morgan fingerprint density at radius 3 is 2.71 bits per heavy atom. The molecule has 0 saturated carbocycles. The molecule has 0 spiro atoms. The van der Waals surface area contributed by atoms with Gasteiger partial charge in [0.05, 0.1) is 12.0 Å². The van der Waals surface area contributed by atoms with Crippen LogP contribution in [0.25, 0.3) is 0 Å². The van der Waals surface area contributed by atoms with Crippen molar-refractivity contribution in [2.24, 2.45) is 5.41 Å². The molecule has 1 heterocycles. The van der Waals surface area contributed by atoms with Crippen LogP contribution in [0.2, 0.25) is 0 Å². The minimum Gasteiger partial charge on any atom is -0.490 e. The Morgan fingerprint density at radius 1 is 1.48 bits per heavy atom. The second-order valence-electron chi connectivity index (χ2n) is 6.15. The smallest absolute Gasteiger partial charge is 0.311 e. The van der Waals surface area contributed by atoms with Crippen molar-refractivity contribution in [2.45, 2.75) is 26.3 Å². The van der Waals surface area contributed by atoms with Crippen molar-refractivity contribution in [3.8, 4) is 5.75 Å². The number of hydrogen-bond acceptors (Lipinski definition) is 5. The average molecular weight is 293 g/mol. The SMILES string of the molecule is CNC1CCN(c2ccc([N+](=O)[O-])c(OC)c2)CC1(C)C. The fourth-order valence-corrected chi connectivity index (χ4v) is 3.13. The molecule has 0 aliphatic carbocycles. The number of benzene rings is 1. The molecule has 1 saturated heterocycles. The Morgan fingerprint density at radius 2 is 2.19 bits per heavy atom. The van der Waals surface area contributed by atoms with E-state index < -0.39 is 4.92 Å². The molecule has 6 heteroatoms. The molecule has 0 aromatic heterocycles. The van der Waals surface area contributed by atoms with Crippen LogP contribution in [0.1, 0.15) is 20.3 Å². The van der Waals surface area contributed by atoms with Crippen molar-refractivity contribution in [1.29, 1.82) is 0 Å². The van der Waals surface area contributed by atoms with Gasteiger partial charge in [-0.05, 0) is 24.9 Å². The summed E-state index contributed by atoms with van der Waals surface area (Å²) in [5.41, 5.74) is 1.12. The van der Waals surface area contributed by atoms with Crippen molar-refractivity contribution >= 4 is 11.4 Å². The van der Waals surface area contributed by atoms with Gasteiger partial charge in [-0.3, -0.25) is 10.1 Å². The van der Waals surface area contributed by atoms with Crippen molar-refractivity contribution in [3.63, 3.8) is 0 Å². The fraction of sp³-hybridized carbons (Fsp3) is 0.600. The lowest BCUT2D eigenvalue weighted by atomic mass is 9.79. The highest BCUT2D eigenvalue weighted by atomic mass is 16.6. The molecule has 1 aromatic carbocycles. The molecule has 1 aliphatic rings. The zero-order chi connectivity index (χ0) is 15.6. The number of nitro groups is 1. The highest BCUT2D eigenvalue weighted by Gasteiger charge is 2.35. The van der Waals surface area contributed by atoms with Crippen LogP contribution < -0.4 is 15.0 Å². The molecule has 6 nitrogen and oxygen atoms in total. The zero-order valence-corrected chi connectivity index (χ0v) is 13.0. The van der Waals surface area contributed by atoms with Crippen LogP contribution in [0, 0.1) is 15.5 Å². The Balaban J connectivity index is 2.25. The fourth-order valence-electron chi connectivity index (χ4n) is 3.13. The third kappa shape index (κ3) is 3.10. The quantitative estimate of drug-likeness (QED) is 0.682. The van der Waals surface area contributed by atoms with Gasteiger partial charge in [0.1, 0.15) is 0 Å². The third-order valence-electron chi connectivity index (χ3n) is 4.30. The zero-order valence-electron chi connectivity index (χ0n) is 13.0. The summed E-state index contributed by atoms with van der Waals surface area (Å²) < 4.78 is 5.15. The lowest BCUT2D eigenvalue weighted by Gasteiger charge is -2.45. The lowest BCUT2D eigenvalue weighted by Crippen LogP contribution is -2.53. The van der Waals surface area contributed by atoms with E-state index in [4.69, 9.17) is 4.74 Å². The van der Waals surface area contributed by atoms with Crippen molar-refractivity contribution < 1.29 is 9.66 Å². The summed E-state index contributed by atoms with van der Waals surface area (Å²) in [4.78, 5) is 12.8. The maximum Gasteiger partial charge on any atom is 0.311 e. The first kappa shape index (κ1) is 15.6. The summed E-state index contributed by atoms with van der Waals surface area (Å²) in [6.07, 6.45) is 1.04. The van der Waals surface area contributed by atoms with Crippen LogP contribution in [0.5, 0.6) is 5.75 Å².